The van der Waals surface area contributed by atoms with Crippen LogP contribution in [-0.4, -0.2) is 301 Å². The summed E-state index contributed by atoms with van der Waals surface area (Å²) in [7, 11) is 0. The van der Waals surface area contributed by atoms with Crippen LogP contribution in [0.25, 0.3) is 0 Å². The highest BCUT2D eigenvalue weighted by Crippen LogP contribution is 2.31. The Labute approximate surface area is 514 Å². The van der Waals surface area contributed by atoms with E-state index in [9.17, 15) is 0 Å². The van der Waals surface area contributed by atoms with Gasteiger partial charge in [-0.05, 0) is 173 Å². The molecular weight excluding hydrogens is 1050 g/mol. The smallest absolute Gasteiger partial charge is 0.122 e. The number of hydrogen-bond donors (Lipinski definition) is 1. The third kappa shape index (κ3) is 20.1. The minimum Gasteiger partial charge on any atom is -0.378 e. The molecule has 486 valence electrons. The number of imidazole rings is 1. The molecule has 0 bridgehead atoms. The second-order valence-corrected chi connectivity index (χ2v) is 29.3. The molecule has 1 N–H and O–H groups in total. The summed E-state index contributed by atoms with van der Waals surface area (Å²) in [5.74, 6) is 3.87. The number of piperazine rings is 3. The van der Waals surface area contributed by atoms with Crippen molar-refractivity contribution in [1.82, 2.24) is 63.9 Å². The predicted octanol–water partition coefficient (Wildman–Crippen LogP) is 6.76. The van der Waals surface area contributed by atoms with Crippen molar-refractivity contribution >= 4 is 0 Å². The summed E-state index contributed by atoms with van der Waals surface area (Å²) in [6, 6.07) is 7.92. The molecule has 1 aromatic rings. The first-order valence-corrected chi connectivity index (χ1v) is 34.9. The Balaban J connectivity index is 0.000000128. The number of fused-ring (bicyclic) bond motifs is 7. The third-order valence-corrected chi connectivity index (χ3v) is 21.6. The monoisotopic (exact) mass is 1180 g/mol. The Morgan fingerprint density at radius 3 is 1.61 bits per heavy atom. The van der Waals surface area contributed by atoms with Crippen molar-refractivity contribution in [3.8, 4) is 0 Å². The fourth-order valence-electron chi connectivity index (χ4n) is 15.4. The Morgan fingerprint density at radius 1 is 0.417 bits per heavy atom. The van der Waals surface area contributed by atoms with Crippen molar-refractivity contribution in [3.63, 3.8) is 0 Å². The third-order valence-electron chi connectivity index (χ3n) is 21.6. The molecule has 12 fully saturated rings. The quantitative estimate of drug-likeness (QED) is 0.311. The van der Waals surface area contributed by atoms with Crippen LogP contribution in [-0.2, 0) is 32.0 Å². The minimum atomic E-state index is 0.557. The van der Waals surface area contributed by atoms with Crippen LogP contribution in [0.2, 0.25) is 0 Å². The van der Waals surface area contributed by atoms with E-state index in [1.165, 1.54) is 162 Å². The van der Waals surface area contributed by atoms with Crippen LogP contribution in [0.5, 0.6) is 0 Å². The lowest BCUT2D eigenvalue weighted by Gasteiger charge is -2.45. The van der Waals surface area contributed by atoms with Crippen LogP contribution in [0.3, 0.4) is 0 Å². The lowest BCUT2D eigenvalue weighted by atomic mass is 9.93. The molecule has 17 nitrogen and oxygen atoms in total. The number of aromatic nitrogens is 2. The van der Waals surface area contributed by atoms with E-state index in [1.54, 1.807) is 0 Å². The molecule has 13 aliphatic rings. The zero-order valence-corrected chi connectivity index (χ0v) is 56.4. The summed E-state index contributed by atoms with van der Waals surface area (Å²) in [5, 5.41) is 3.56. The van der Waals surface area contributed by atoms with E-state index in [0.717, 1.165) is 108 Å². The van der Waals surface area contributed by atoms with Gasteiger partial charge in [0, 0.05) is 209 Å². The summed E-state index contributed by atoms with van der Waals surface area (Å²) >= 11 is 0. The summed E-state index contributed by atoms with van der Waals surface area (Å²) < 4.78 is 24.5. The minimum absolute atomic E-state index is 0.557. The Kier molecular flexibility index (Phi) is 27.9. The molecule has 9 unspecified atom stereocenters. The lowest BCUT2D eigenvalue weighted by Crippen LogP contribution is -2.59. The maximum atomic E-state index is 5.70. The topological polar surface area (TPSA) is 99.2 Å². The van der Waals surface area contributed by atoms with E-state index >= 15 is 0 Å². The van der Waals surface area contributed by atoms with E-state index in [2.05, 4.69) is 167 Å². The van der Waals surface area contributed by atoms with Crippen LogP contribution >= 0.6 is 0 Å². The molecular formula is C67H129N13O4. The molecule has 1 aromatic heterocycles. The normalized spacial score (nSPS) is 32.6. The number of ether oxygens (including phenoxy) is 4. The Bertz CT molecular complexity index is 1820. The molecule has 0 aromatic carbocycles. The number of nitrogens with zero attached hydrogens (tertiary/aromatic N) is 12. The van der Waals surface area contributed by atoms with E-state index in [1.807, 2.05) is 6.20 Å². The average Bonchev–Trinajstić information content (AvgIpc) is 4.51. The van der Waals surface area contributed by atoms with Crippen molar-refractivity contribution in [3.05, 3.63) is 18.2 Å². The number of piperidine rings is 2. The van der Waals surface area contributed by atoms with Crippen LogP contribution in [0.1, 0.15) is 148 Å². The van der Waals surface area contributed by atoms with E-state index in [4.69, 9.17) is 18.9 Å². The van der Waals surface area contributed by atoms with Crippen molar-refractivity contribution in [2.45, 2.75) is 234 Å². The van der Waals surface area contributed by atoms with Gasteiger partial charge in [0.1, 0.15) is 5.82 Å². The molecule has 0 aliphatic carbocycles. The zero-order chi connectivity index (χ0) is 59.9. The molecule has 17 heteroatoms. The van der Waals surface area contributed by atoms with Gasteiger partial charge in [0.05, 0.1) is 45.3 Å². The largest absolute Gasteiger partial charge is 0.378 e. The molecule has 9 atom stereocenters. The molecule has 0 radical (unpaired) electrons. The standard InChI is InChI=1S/C10H20N2O.C10H20N2.2C10H19NO.C9H15N3.C9H18N2O.C9H18N2/c1-9(2)12-4-3-11-5-6-13-8-10(11)7-12;1-9(2)12-7-6-11-5-3-4-10(11)8-12;1-8(2)11-5-3-10-9(7-11)4-6-12-10;1-8(2)11-5-3-9-4-6-12-10(9)7-11;1-8(2)12-6-5-11-4-3-10-9(11)7-12;1-8(2)10-3-4-11-7-12-6-9(11)5-10;1-7(2)11-5-8-3-4-10-9(8)6-11/h9-10H,3-8H2,1-2H3;9-10H,3-8H2,1-2H3;2*8-10H,3-7H2,1-2H3;3-4,8H,5-7H2,1-2H3;8-9H,3-7H2,1-2H3;7-10H,3-6H2,1-2H3. The van der Waals surface area contributed by atoms with Crippen LogP contribution in [0.4, 0.5) is 0 Å². The van der Waals surface area contributed by atoms with Gasteiger partial charge in [0.15, 0.2) is 0 Å². The van der Waals surface area contributed by atoms with Gasteiger partial charge in [-0.2, -0.15) is 0 Å². The van der Waals surface area contributed by atoms with Gasteiger partial charge in [-0.3, -0.25) is 44.1 Å². The fraction of sp³-hybridized carbons (Fsp3) is 0.955. The van der Waals surface area contributed by atoms with Crippen molar-refractivity contribution in [1.29, 1.82) is 0 Å². The average molecular weight is 1180 g/mol. The number of nitrogens with one attached hydrogen (secondary N) is 1. The zero-order valence-electron chi connectivity index (χ0n) is 56.4. The van der Waals surface area contributed by atoms with Gasteiger partial charge in [-0.1, -0.05) is 0 Å². The van der Waals surface area contributed by atoms with Gasteiger partial charge in [0.2, 0.25) is 0 Å². The number of hydrogen-bond acceptors (Lipinski definition) is 16. The van der Waals surface area contributed by atoms with Crippen LogP contribution < -0.4 is 5.32 Å². The molecule has 14 rings (SSSR count). The first kappa shape index (κ1) is 68.5. The molecule has 0 saturated carbocycles. The summed E-state index contributed by atoms with van der Waals surface area (Å²) in [5.41, 5.74) is 0. The fourth-order valence-corrected chi connectivity index (χ4v) is 15.4. The molecule has 14 heterocycles. The van der Waals surface area contributed by atoms with E-state index in [0.29, 0.717) is 54.5 Å². The highest BCUT2D eigenvalue weighted by Gasteiger charge is 2.39. The first-order valence-electron chi connectivity index (χ1n) is 34.9. The van der Waals surface area contributed by atoms with E-state index in [-0.39, 0.29) is 0 Å². The Hall–Kier alpha value is -1.39. The maximum absolute atomic E-state index is 5.70. The van der Waals surface area contributed by atoms with Crippen molar-refractivity contribution in [2.75, 3.05) is 164 Å². The molecule has 13 aliphatic heterocycles. The second-order valence-electron chi connectivity index (χ2n) is 29.3. The SMILES string of the molecule is CC(C)N1CC2CCNC2C1.CC(C)N1CCC2CCOC2C1.CC(C)N1CCC2OCCC2C1.CC(C)N1CCN2CCCC2C1.CC(C)N1CCN2CCOCC2C1.CC(C)N1CCN2COCC2C1.CC(C)N1CCn2ccnc2C1. The predicted molar refractivity (Wildman–Crippen MR) is 345 cm³/mol. The number of morpholine rings is 1. The van der Waals surface area contributed by atoms with Gasteiger partial charge in [-0.25, -0.2) is 4.98 Å². The van der Waals surface area contributed by atoms with Crippen LogP contribution in [0.15, 0.2) is 12.4 Å². The van der Waals surface area contributed by atoms with Crippen molar-refractivity contribution < 1.29 is 18.9 Å². The highest BCUT2D eigenvalue weighted by atomic mass is 16.5. The molecule has 84 heavy (non-hydrogen) atoms. The first-order chi connectivity index (χ1) is 40.4. The van der Waals surface area contributed by atoms with Gasteiger partial charge >= 0.3 is 0 Å². The van der Waals surface area contributed by atoms with Gasteiger partial charge < -0.3 is 33.7 Å². The highest BCUT2D eigenvalue weighted by molar-refractivity contribution is 4.97. The maximum Gasteiger partial charge on any atom is 0.122 e. The van der Waals surface area contributed by atoms with Crippen molar-refractivity contribution in [2.24, 2.45) is 17.8 Å². The number of likely N-dealkylation sites (tertiary alicyclic amines) is 3. The summed E-state index contributed by atoms with van der Waals surface area (Å²) in [6.45, 7) is 63.2. The molecule has 0 amide bonds. The summed E-state index contributed by atoms with van der Waals surface area (Å²) in [4.78, 5) is 29.8. The Morgan fingerprint density at radius 2 is 0.952 bits per heavy atom. The van der Waals surface area contributed by atoms with E-state index < -0.39 is 0 Å². The van der Waals surface area contributed by atoms with Gasteiger partial charge in [0.25, 0.3) is 0 Å². The van der Waals surface area contributed by atoms with Crippen LogP contribution in [0, 0.1) is 17.8 Å². The number of rotatable bonds is 7. The molecule has 12 saturated heterocycles. The summed E-state index contributed by atoms with van der Waals surface area (Å²) in [6.07, 6.45) is 14.6. The lowest BCUT2D eigenvalue weighted by molar-refractivity contribution is -0.0501. The van der Waals surface area contributed by atoms with Gasteiger partial charge in [-0.15, -0.1) is 0 Å². The second kappa shape index (κ2) is 34.2. The molecule has 0 spiro atoms.